The van der Waals surface area contributed by atoms with Crippen LogP contribution in [0.4, 0.5) is 0 Å². The summed E-state index contributed by atoms with van der Waals surface area (Å²) in [5.74, 6) is 0. The predicted molar refractivity (Wildman–Crippen MR) is 216 cm³/mol. The molecule has 1 aromatic heterocycles. The zero-order valence-corrected chi connectivity index (χ0v) is 27.5. The van der Waals surface area contributed by atoms with E-state index in [0.29, 0.717) is 5.56 Å². The molecule has 51 heavy (non-hydrogen) atoms. The molecule has 0 atom stereocenters. The van der Waals surface area contributed by atoms with Crippen LogP contribution in [0.2, 0.25) is 0 Å². The molecule has 0 N–H and O–H groups in total. The third-order valence-corrected chi connectivity index (χ3v) is 9.99. The lowest BCUT2D eigenvalue weighted by Gasteiger charge is -2.18. The highest BCUT2D eigenvalue weighted by atomic mass is 16.3. The van der Waals surface area contributed by atoms with E-state index in [-0.39, 0.29) is 29.7 Å². The summed E-state index contributed by atoms with van der Waals surface area (Å²) in [7, 11) is 0. The Morgan fingerprint density at radius 2 is 0.784 bits per heavy atom. The average molecular weight is 654 g/mol. The molecule has 0 aliphatic rings. The Labute approximate surface area is 303 Å². The maximum Gasteiger partial charge on any atom is 0.136 e. The fourth-order valence-electron chi connectivity index (χ4n) is 7.72. The number of furan rings is 1. The van der Waals surface area contributed by atoms with Crippen molar-refractivity contribution in [1.29, 1.82) is 0 Å². The highest BCUT2D eigenvalue weighted by Gasteiger charge is 2.19. The number of hydrogen-bond donors (Lipinski definition) is 0. The van der Waals surface area contributed by atoms with Gasteiger partial charge in [0.25, 0.3) is 0 Å². The van der Waals surface area contributed by atoms with Crippen molar-refractivity contribution in [3.8, 4) is 55.6 Å². The first kappa shape index (κ1) is 24.4. The third kappa shape index (κ3) is 4.86. The van der Waals surface area contributed by atoms with Crippen LogP contribution in [0.15, 0.2) is 198 Å². The van der Waals surface area contributed by atoms with Gasteiger partial charge in [-0.2, -0.15) is 0 Å². The van der Waals surface area contributed by atoms with Crippen molar-refractivity contribution in [3.05, 3.63) is 194 Å². The molecule has 1 nitrogen and oxygen atoms in total. The molecule has 9 aromatic carbocycles. The minimum Gasteiger partial charge on any atom is -0.456 e. The van der Waals surface area contributed by atoms with Gasteiger partial charge in [-0.1, -0.05) is 182 Å². The fourth-order valence-corrected chi connectivity index (χ4v) is 7.72. The number of benzene rings is 9. The Balaban J connectivity index is 1.17. The van der Waals surface area contributed by atoms with E-state index in [2.05, 4.69) is 109 Å². The Morgan fingerprint density at radius 1 is 0.314 bits per heavy atom. The molecule has 0 spiro atoms. The summed E-state index contributed by atoms with van der Waals surface area (Å²) >= 11 is 0. The molecule has 0 radical (unpaired) electrons. The lowest BCUT2D eigenvalue weighted by molar-refractivity contribution is 0.669. The summed E-state index contributed by atoms with van der Waals surface area (Å²) in [6.07, 6.45) is 0. The molecule has 0 aliphatic carbocycles. The van der Waals surface area contributed by atoms with Gasteiger partial charge in [0.05, 0.1) is 6.85 Å². The van der Waals surface area contributed by atoms with Gasteiger partial charge in [-0.15, -0.1) is 0 Å². The second kappa shape index (κ2) is 12.0. The standard InChI is InChI=1S/C50H32O/c1-3-13-33(14-4-1)34-23-27-38(28-24-34)49-39(31-32-46-50(49)44-21-11-12-22-45(44)51-46)35-25-29-37(30-26-35)48-42-19-9-7-17-40(42)47(36-15-5-2-6-16-36)41-18-8-10-20-43(41)48/h1-32H/i2D,5D,6D,15D,16D. The van der Waals surface area contributed by atoms with Crippen LogP contribution < -0.4 is 0 Å². The van der Waals surface area contributed by atoms with Crippen LogP contribution in [0.25, 0.3) is 99.1 Å². The highest BCUT2D eigenvalue weighted by Crippen LogP contribution is 2.46. The molecule has 0 amide bonds. The van der Waals surface area contributed by atoms with E-state index in [0.717, 1.165) is 82.4 Å². The average Bonchev–Trinajstić information content (AvgIpc) is 3.64. The van der Waals surface area contributed by atoms with Gasteiger partial charge in [0.2, 0.25) is 0 Å². The Hall–Kier alpha value is -6.70. The first-order valence-electron chi connectivity index (χ1n) is 19.6. The summed E-state index contributed by atoms with van der Waals surface area (Å²) in [5.41, 5.74) is 11.2. The monoisotopic (exact) mass is 653 g/mol. The summed E-state index contributed by atoms with van der Waals surface area (Å²) in [5, 5.41) is 5.66. The zero-order valence-electron chi connectivity index (χ0n) is 32.5. The molecule has 10 rings (SSSR count). The summed E-state index contributed by atoms with van der Waals surface area (Å²) in [6.45, 7) is 0. The van der Waals surface area contributed by atoms with Crippen molar-refractivity contribution < 1.29 is 11.3 Å². The Kier molecular flexibility index (Phi) is 5.76. The van der Waals surface area contributed by atoms with Gasteiger partial charge < -0.3 is 4.42 Å². The molecule has 0 saturated heterocycles. The second-order valence-electron chi connectivity index (χ2n) is 12.8. The molecule has 0 unspecified atom stereocenters. The quantitative estimate of drug-likeness (QED) is 0.169. The molecule has 1 heterocycles. The van der Waals surface area contributed by atoms with Crippen molar-refractivity contribution >= 4 is 43.5 Å². The largest absolute Gasteiger partial charge is 0.456 e. The highest BCUT2D eigenvalue weighted by molar-refractivity contribution is 6.21. The van der Waals surface area contributed by atoms with Gasteiger partial charge in [0.15, 0.2) is 0 Å². The van der Waals surface area contributed by atoms with Gasteiger partial charge in [0.1, 0.15) is 11.2 Å². The number of rotatable bonds is 5. The number of fused-ring (bicyclic) bond motifs is 5. The van der Waals surface area contributed by atoms with Crippen LogP contribution >= 0.6 is 0 Å². The van der Waals surface area contributed by atoms with Crippen LogP contribution in [0, 0.1) is 0 Å². The molecular weight excluding hydrogens is 617 g/mol. The molecule has 0 aliphatic heterocycles. The van der Waals surface area contributed by atoms with Gasteiger partial charge in [-0.05, 0) is 83.7 Å². The predicted octanol–water partition coefficient (Wildman–Crippen LogP) is 14.2. The molecule has 1 heteroatoms. The first-order valence-corrected chi connectivity index (χ1v) is 17.1. The van der Waals surface area contributed by atoms with Crippen molar-refractivity contribution in [2.45, 2.75) is 0 Å². The Morgan fingerprint density at radius 3 is 1.41 bits per heavy atom. The second-order valence-corrected chi connectivity index (χ2v) is 12.8. The van der Waals surface area contributed by atoms with Gasteiger partial charge >= 0.3 is 0 Å². The minimum atomic E-state index is -0.401. The fraction of sp³-hybridized carbons (Fsp3) is 0. The smallest absolute Gasteiger partial charge is 0.136 e. The third-order valence-electron chi connectivity index (χ3n) is 9.99. The van der Waals surface area contributed by atoms with E-state index in [1.54, 1.807) is 0 Å². The molecule has 0 bridgehead atoms. The normalized spacial score (nSPS) is 12.9. The maximum atomic E-state index is 8.88. The van der Waals surface area contributed by atoms with E-state index in [1.165, 1.54) is 5.56 Å². The molecule has 10 aromatic rings. The summed E-state index contributed by atoms with van der Waals surface area (Å²) < 4.78 is 49.3. The van der Waals surface area contributed by atoms with Gasteiger partial charge in [0, 0.05) is 16.3 Å². The number of para-hydroxylation sites is 1. The van der Waals surface area contributed by atoms with E-state index in [9.17, 15) is 0 Å². The number of hydrogen-bond acceptors (Lipinski definition) is 1. The molecule has 0 saturated carbocycles. The summed E-state index contributed by atoms with van der Waals surface area (Å²) in [4.78, 5) is 0. The van der Waals surface area contributed by atoms with Crippen LogP contribution in [0.1, 0.15) is 6.85 Å². The zero-order chi connectivity index (χ0) is 38.1. The molecular formula is C50H32O. The molecule has 0 fully saturated rings. The van der Waals surface area contributed by atoms with Crippen molar-refractivity contribution in [2.75, 3.05) is 0 Å². The first-order chi connectivity index (χ1) is 27.4. The summed E-state index contributed by atoms with van der Waals surface area (Å²) in [6, 6.07) is 54.7. The van der Waals surface area contributed by atoms with Crippen LogP contribution in [-0.2, 0) is 0 Å². The van der Waals surface area contributed by atoms with E-state index in [4.69, 9.17) is 11.3 Å². The Bertz CT molecular complexity index is 3080. The van der Waals surface area contributed by atoms with Crippen molar-refractivity contribution in [2.24, 2.45) is 0 Å². The van der Waals surface area contributed by atoms with Crippen molar-refractivity contribution in [3.63, 3.8) is 0 Å². The van der Waals surface area contributed by atoms with Crippen LogP contribution in [-0.4, -0.2) is 0 Å². The van der Waals surface area contributed by atoms with E-state index >= 15 is 0 Å². The molecule has 238 valence electrons. The SMILES string of the molecule is [2H]c1c([2H])c([2H])c(-c2c3ccccc3c(-c3ccc(-c4ccc5oc6ccccc6c5c4-c4ccc(-c5ccccc5)cc4)cc3)c3ccccc23)c([2H])c1[2H]. The minimum absolute atomic E-state index is 0.205. The van der Waals surface area contributed by atoms with E-state index in [1.807, 2.05) is 54.6 Å². The van der Waals surface area contributed by atoms with Gasteiger partial charge in [-0.3, -0.25) is 0 Å². The van der Waals surface area contributed by atoms with Gasteiger partial charge in [-0.25, -0.2) is 0 Å². The lowest BCUT2D eigenvalue weighted by atomic mass is 9.85. The van der Waals surface area contributed by atoms with Crippen molar-refractivity contribution in [1.82, 2.24) is 0 Å². The van der Waals surface area contributed by atoms with Crippen LogP contribution in [0.5, 0.6) is 0 Å². The van der Waals surface area contributed by atoms with E-state index < -0.39 is 6.04 Å². The lowest BCUT2D eigenvalue weighted by Crippen LogP contribution is -1.91. The van der Waals surface area contributed by atoms with Crippen LogP contribution in [0.3, 0.4) is 0 Å². The topological polar surface area (TPSA) is 13.1 Å². The maximum absolute atomic E-state index is 8.88.